The van der Waals surface area contributed by atoms with Crippen LogP contribution in [-0.4, -0.2) is 73.8 Å². The number of benzene rings is 1. The molecule has 0 radical (unpaired) electrons. The zero-order valence-corrected chi connectivity index (χ0v) is 16.2. The molecule has 2 rings (SSSR count). The molecule has 0 aromatic heterocycles. The van der Waals surface area contributed by atoms with E-state index in [4.69, 9.17) is 4.74 Å². The van der Waals surface area contributed by atoms with Gasteiger partial charge in [-0.15, -0.1) is 0 Å². The highest BCUT2D eigenvalue weighted by atomic mass is 32.2. The summed E-state index contributed by atoms with van der Waals surface area (Å²) in [5.74, 6) is -0.102. The van der Waals surface area contributed by atoms with E-state index >= 15 is 0 Å². The maximum atomic E-state index is 11.6. The molecule has 0 aliphatic carbocycles. The first kappa shape index (κ1) is 20.7. The normalized spacial score (nSPS) is 16.7. The number of carboxylic acids is 1. The van der Waals surface area contributed by atoms with Crippen LogP contribution in [0.2, 0.25) is 0 Å². The molecule has 8 heteroatoms. The summed E-state index contributed by atoms with van der Waals surface area (Å²) in [5.41, 5.74) is 1.19. The Kier molecular flexibility index (Phi) is 7.43. The van der Waals surface area contributed by atoms with E-state index in [1.807, 2.05) is 29.2 Å². The van der Waals surface area contributed by atoms with E-state index in [1.54, 1.807) is 0 Å². The minimum absolute atomic E-state index is 0.0506. The summed E-state index contributed by atoms with van der Waals surface area (Å²) in [4.78, 5) is 13.1. The zero-order chi connectivity index (χ0) is 19.2. The molecule has 0 unspecified atom stereocenters. The first-order valence-electron chi connectivity index (χ1n) is 8.92. The molecule has 7 nitrogen and oxygen atoms in total. The first-order chi connectivity index (χ1) is 12.3. The van der Waals surface area contributed by atoms with Gasteiger partial charge in [-0.05, 0) is 37.0 Å². The Morgan fingerprint density at radius 2 is 2.04 bits per heavy atom. The van der Waals surface area contributed by atoms with Gasteiger partial charge in [0.25, 0.3) is 0 Å². The van der Waals surface area contributed by atoms with Gasteiger partial charge in [0.1, 0.15) is 12.4 Å². The van der Waals surface area contributed by atoms with Gasteiger partial charge in [-0.3, -0.25) is 9.69 Å². The number of sulfonamides is 1. The maximum Gasteiger partial charge on any atom is 0.317 e. The molecule has 1 heterocycles. The smallest absolute Gasteiger partial charge is 0.317 e. The van der Waals surface area contributed by atoms with Gasteiger partial charge < -0.3 is 9.84 Å². The summed E-state index contributed by atoms with van der Waals surface area (Å²) in [5, 5.41) is 9.19. The monoisotopic (exact) mass is 384 g/mol. The molecule has 146 valence electrons. The summed E-state index contributed by atoms with van der Waals surface area (Å²) >= 11 is 0. The van der Waals surface area contributed by atoms with Crippen LogP contribution in [-0.2, 0) is 21.2 Å². The number of ether oxygens (including phenoxy) is 1. The third-order valence-corrected chi connectivity index (χ3v) is 6.00. The lowest BCUT2D eigenvalue weighted by Gasteiger charge is -2.36. The second-order valence-electron chi connectivity index (χ2n) is 6.61. The van der Waals surface area contributed by atoms with Crippen LogP contribution in [0.25, 0.3) is 0 Å². The van der Waals surface area contributed by atoms with Crippen molar-refractivity contribution in [3.63, 3.8) is 0 Å². The van der Waals surface area contributed by atoms with Crippen LogP contribution < -0.4 is 4.74 Å². The number of carboxylic acid groups (broad SMARTS) is 1. The second-order valence-corrected chi connectivity index (χ2v) is 8.59. The van der Waals surface area contributed by atoms with Crippen LogP contribution in [0.1, 0.15) is 25.3 Å². The van der Waals surface area contributed by atoms with Crippen molar-refractivity contribution in [3.05, 3.63) is 29.8 Å². The molecule has 1 fully saturated rings. The molecule has 1 aromatic carbocycles. The number of rotatable bonds is 9. The standard InChI is InChI=1S/C18H28N2O5S/c1-3-15-5-4-6-17(13-15)25-12-11-19(14-18(21)22)16-7-9-20(10-8-16)26(2,23)24/h4-6,13,16H,3,7-12,14H2,1-2H3,(H,21,22). The highest BCUT2D eigenvalue weighted by Gasteiger charge is 2.29. The molecule has 1 aromatic rings. The van der Waals surface area contributed by atoms with E-state index in [2.05, 4.69) is 6.92 Å². The fourth-order valence-corrected chi connectivity index (χ4v) is 4.11. The van der Waals surface area contributed by atoms with Crippen LogP contribution in [0, 0.1) is 0 Å². The Morgan fingerprint density at radius 3 is 2.62 bits per heavy atom. The SMILES string of the molecule is CCc1cccc(OCCN(CC(=O)O)C2CCN(S(C)(=O)=O)CC2)c1. The maximum absolute atomic E-state index is 11.6. The Labute approximate surface area is 155 Å². The van der Waals surface area contributed by atoms with Crippen LogP contribution in [0.15, 0.2) is 24.3 Å². The number of hydrogen-bond donors (Lipinski definition) is 1. The fraction of sp³-hybridized carbons (Fsp3) is 0.611. The zero-order valence-electron chi connectivity index (χ0n) is 15.4. The second kappa shape index (κ2) is 9.34. The summed E-state index contributed by atoms with van der Waals surface area (Å²) in [6.07, 6.45) is 3.40. The number of aryl methyl sites for hydroxylation is 1. The Balaban J connectivity index is 1.90. The number of nitrogens with zero attached hydrogens (tertiary/aromatic N) is 2. The van der Waals surface area contributed by atoms with Crippen molar-refractivity contribution in [1.29, 1.82) is 0 Å². The van der Waals surface area contributed by atoms with E-state index in [0.717, 1.165) is 12.2 Å². The number of piperidine rings is 1. The predicted octanol–water partition coefficient (Wildman–Crippen LogP) is 1.44. The van der Waals surface area contributed by atoms with E-state index in [-0.39, 0.29) is 12.6 Å². The molecule has 1 aliphatic rings. The Bertz CT molecular complexity index is 699. The van der Waals surface area contributed by atoms with Crippen molar-refractivity contribution in [3.8, 4) is 5.75 Å². The number of aliphatic carboxylic acids is 1. The van der Waals surface area contributed by atoms with Gasteiger partial charge in [0.15, 0.2) is 0 Å². The molecule has 26 heavy (non-hydrogen) atoms. The van der Waals surface area contributed by atoms with Crippen molar-refractivity contribution in [2.75, 3.05) is 39.0 Å². The van der Waals surface area contributed by atoms with Crippen LogP contribution in [0.5, 0.6) is 5.75 Å². The minimum atomic E-state index is -3.18. The first-order valence-corrected chi connectivity index (χ1v) is 10.8. The average Bonchev–Trinajstić information content (AvgIpc) is 2.60. The van der Waals surface area contributed by atoms with Crippen LogP contribution in [0.3, 0.4) is 0 Å². The third kappa shape index (κ3) is 6.26. The van der Waals surface area contributed by atoms with Gasteiger partial charge in [0.05, 0.1) is 12.8 Å². The highest BCUT2D eigenvalue weighted by Crippen LogP contribution is 2.19. The molecule has 0 spiro atoms. The van der Waals surface area contributed by atoms with E-state index in [1.165, 1.54) is 16.1 Å². The van der Waals surface area contributed by atoms with Crippen molar-refractivity contribution < 1.29 is 23.1 Å². The highest BCUT2D eigenvalue weighted by molar-refractivity contribution is 7.88. The number of hydrogen-bond acceptors (Lipinski definition) is 5. The van der Waals surface area contributed by atoms with Crippen molar-refractivity contribution in [1.82, 2.24) is 9.21 Å². The van der Waals surface area contributed by atoms with Crippen molar-refractivity contribution in [2.45, 2.75) is 32.2 Å². The quantitative estimate of drug-likeness (QED) is 0.693. The molecular weight excluding hydrogens is 356 g/mol. The lowest BCUT2D eigenvalue weighted by Crippen LogP contribution is -2.48. The fourth-order valence-electron chi connectivity index (χ4n) is 3.24. The molecule has 1 N–H and O–H groups in total. The predicted molar refractivity (Wildman–Crippen MR) is 100.0 cm³/mol. The summed E-state index contributed by atoms with van der Waals surface area (Å²) in [6, 6.07) is 7.93. The number of carbonyl (C=O) groups is 1. The van der Waals surface area contributed by atoms with Gasteiger partial charge in [-0.2, -0.15) is 0 Å². The molecule has 0 amide bonds. The summed E-state index contributed by atoms with van der Waals surface area (Å²) in [6.45, 7) is 3.76. The topological polar surface area (TPSA) is 87.2 Å². The Morgan fingerprint density at radius 1 is 1.35 bits per heavy atom. The lowest BCUT2D eigenvalue weighted by molar-refractivity contribution is -0.139. The van der Waals surface area contributed by atoms with Gasteiger partial charge in [0, 0.05) is 25.7 Å². The van der Waals surface area contributed by atoms with Crippen molar-refractivity contribution >= 4 is 16.0 Å². The van der Waals surface area contributed by atoms with Gasteiger partial charge >= 0.3 is 5.97 Å². The van der Waals surface area contributed by atoms with E-state index in [0.29, 0.717) is 39.1 Å². The van der Waals surface area contributed by atoms with Crippen LogP contribution in [0.4, 0.5) is 0 Å². The van der Waals surface area contributed by atoms with Crippen molar-refractivity contribution in [2.24, 2.45) is 0 Å². The molecule has 1 saturated heterocycles. The summed E-state index contributed by atoms with van der Waals surface area (Å²) < 4.78 is 30.5. The van der Waals surface area contributed by atoms with Crippen LogP contribution >= 0.6 is 0 Å². The average molecular weight is 384 g/mol. The third-order valence-electron chi connectivity index (χ3n) is 4.70. The largest absolute Gasteiger partial charge is 0.492 e. The molecule has 0 saturated carbocycles. The summed E-state index contributed by atoms with van der Waals surface area (Å²) in [7, 11) is -3.18. The minimum Gasteiger partial charge on any atom is -0.492 e. The van der Waals surface area contributed by atoms with E-state index in [9.17, 15) is 18.3 Å². The van der Waals surface area contributed by atoms with E-state index < -0.39 is 16.0 Å². The molecular formula is C18H28N2O5S. The van der Waals surface area contributed by atoms with Gasteiger partial charge in [-0.1, -0.05) is 19.1 Å². The Hall–Kier alpha value is -1.64. The van der Waals surface area contributed by atoms with Gasteiger partial charge in [-0.25, -0.2) is 12.7 Å². The molecule has 1 aliphatic heterocycles. The van der Waals surface area contributed by atoms with Gasteiger partial charge in [0.2, 0.25) is 10.0 Å². The lowest BCUT2D eigenvalue weighted by atomic mass is 10.0. The molecule has 0 atom stereocenters. The molecule has 0 bridgehead atoms.